The highest BCUT2D eigenvalue weighted by molar-refractivity contribution is 5.88. The maximum absolute atomic E-state index is 12.7. The highest BCUT2D eigenvalue weighted by Crippen LogP contribution is 2.28. The van der Waals surface area contributed by atoms with Gasteiger partial charge in [-0.1, -0.05) is 23.8 Å². The molecule has 1 aliphatic heterocycles. The molecular formula is C24H22F3N5O2. The summed E-state index contributed by atoms with van der Waals surface area (Å²) in [6.45, 7) is 1.25. The Balaban J connectivity index is 1.30. The van der Waals surface area contributed by atoms with E-state index in [2.05, 4.69) is 26.6 Å². The van der Waals surface area contributed by atoms with E-state index in [9.17, 15) is 18.0 Å². The average Bonchev–Trinajstić information content (AvgIpc) is 2.84. The smallest absolute Gasteiger partial charge is 0.417 e. The molecule has 3 heterocycles. The topological polar surface area (TPSA) is 80.2 Å². The number of likely N-dealkylation sites (tertiary alicyclic amines) is 1. The Kier molecular flexibility index (Phi) is 7.05. The molecule has 10 heteroatoms. The first-order valence-electron chi connectivity index (χ1n) is 10.6. The van der Waals surface area contributed by atoms with Crippen molar-refractivity contribution in [3.63, 3.8) is 0 Å². The number of amides is 2. The molecule has 2 amide bonds. The highest BCUT2D eigenvalue weighted by atomic mass is 19.4. The van der Waals surface area contributed by atoms with Crippen LogP contribution in [-0.2, 0) is 12.8 Å². The maximum Gasteiger partial charge on any atom is 0.417 e. The zero-order valence-corrected chi connectivity index (χ0v) is 18.1. The Hall–Kier alpha value is -3.95. The number of anilines is 1. The lowest BCUT2D eigenvalue weighted by molar-refractivity contribution is -0.137. The van der Waals surface area contributed by atoms with Gasteiger partial charge in [-0.15, -0.1) is 5.10 Å². The van der Waals surface area contributed by atoms with E-state index < -0.39 is 11.7 Å². The third kappa shape index (κ3) is 6.31. The molecule has 0 spiro atoms. The molecule has 3 aromatic rings. The van der Waals surface area contributed by atoms with Crippen molar-refractivity contribution in [2.24, 2.45) is 0 Å². The molecule has 1 aliphatic rings. The van der Waals surface area contributed by atoms with Crippen molar-refractivity contribution in [2.75, 3.05) is 18.4 Å². The minimum atomic E-state index is -4.41. The van der Waals surface area contributed by atoms with Gasteiger partial charge in [0.1, 0.15) is 12.4 Å². The molecule has 0 aliphatic carbocycles. The fourth-order valence-corrected chi connectivity index (χ4v) is 3.46. The summed E-state index contributed by atoms with van der Waals surface area (Å²) in [7, 11) is 0. The number of hydrogen-bond acceptors (Lipinski definition) is 5. The van der Waals surface area contributed by atoms with Crippen molar-refractivity contribution in [2.45, 2.75) is 25.6 Å². The van der Waals surface area contributed by atoms with Gasteiger partial charge in [-0.05, 0) is 54.8 Å². The Morgan fingerprint density at radius 1 is 1.12 bits per heavy atom. The van der Waals surface area contributed by atoms with Crippen molar-refractivity contribution < 1.29 is 22.7 Å². The van der Waals surface area contributed by atoms with Crippen molar-refractivity contribution >= 4 is 17.9 Å². The van der Waals surface area contributed by atoms with Crippen LogP contribution in [0.15, 0.2) is 66.5 Å². The van der Waals surface area contributed by atoms with Crippen LogP contribution in [0.3, 0.4) is 0 Å². The Morgan fingerprint density at radius 2 is 1.94 bits per heavy atom. The third-order valence-electron chi connectivity index (χ3n) is 5.27. The Bertz CT molecular complexity index is 1140. The van der Waals surface area contributed by atoms with Crippen LogP contribution in [0.1, 0.15) is 29.7 Å². The second-order valence-corrected chi connectivity index (χ2v) is 7.73. The lowest BCUT2D eigenvalue weighted by atomic mass is 10.0. The van der Waals surface area contributed by atoms with E-state index in [0.717, 1.165) is 30.7 Å². The summed E-state index contributed by atoms with van der Waals surface area (Å²) in [4.78, 5) is 17.9. The number of pyridine rings is 1. The van der Waals surface area contributed by atoms with E-state index in [0.29, 0.717) is 30.4 Å². The maximum atomic E-state index is 12.7. The fourth-order valence-electron chi connectivity index (χ4n) is 3.46. The number of alkyl halides is 3. The van der Waals surface area contributed by atoms with Crippen LogP contribution in [-0.4, -0.2) is 39.2 Å². The summed E-state index contributed by atoms with van der Waals surface area (Å²) in [5, 5.41) is 10.3. The van der Waals surface area contributed by atoms with Gasteiger partial charge in [0.15, 0.2) is 5.82 Å². The third-order valence-corrected chi connectivity index (χ3v) is 5.27. The summed E-state index contributed by atoms with van der Waals surface area (Å²) < 4.78 is 43.7. The van der Waals surface area contributed by atoms with Crippen LogP contribution in [0.2, 0.25) is 0 Å². The highest BCUT2D eigenvalue weighted by Gasteiger charge is 2.30. The number of ether oxygens (including phenoxy) is 1. The Morgan fingerprint density at radius 3 is 2.62 bits per heavy atom. The van der Waals surface area contributed by atoms with E-state index in [1.165, 1.54) is 11.6 Å². The first kappa shape index (κ1) is 23.2. The number of benzene rings is 1. The van der Waals surface area contributed by atoms with E-state index in [-0.39, 0.29) is 12.6 Å². The number of hydrogen-bond donors (Lipinski definition) is 1. The monoisotopic (exact) mass is 469 g/mol. The van der Waals surface area contributed by atoms with Gasteiger partial charge in [0, 0.05) is 25.5 Å². The predicted octanol–water partition coefficient (Wildman–Crippen LogP) is 5.18. The molecule has 1 aromatic carbocycles. The molecule has 1 N–H and O–H groups in total. The van der Waals surface area contributed by atoms with Crippen molar-refractivity contribution in [3.8, 4) is 5.75 Å². The number of carbonyl (C=O) groups is 1. The van der Waals surface area contributed by atoms with E-state index in [1.807, 2.05) is 18.2 Å². The van der Waals surface area contributed by atoms with Gasteiger partial charge in [0.25, 0.3) is 0 Å². The zero-order chi connectivity index (χ0) is 24.0. The second kappa shape index (κ2) is 10.3. The van der Waals surface area contributed by atoms with Gasteiger partial charge >= 0.3 is 12.2 Å². The molecule has 0 atom stereocenters. The molecule has 4 rings (SSSR count). The largest absolute Gasteiger partial charge is 0.487 e. The number of aromatic nitrogens is 3. The average molecular weight is 469 g/mol. The number of rotatable bonds is 5. The van der Waals surface area contributed by atoms with Gasteiger partial charge < -0.3 is 9.64 Å². The zero-order valence-electron chi connectivity index (χ0n) is 18.1. The first-order valence-corrected chi connectivity index (χ1v) is 10.6. The number of carbonyl (C=O) groups excluding carboxylic acids is 1. The predicted molar refractivity (Wildman–Crippen MR) is 120 cm³/mol. The van der Waals surface area contributed by atoms with Gasteiger partial charge in [-0.2, -0.15) is 18.3 Å². The van der Waals surface area contributed by atoms with E-state index in [1.54, 1.807) is 29.3 Å². The van der Waals surface area contributed by atoms with Crippen LogP contribution in [0.25, 0.3) is 6.08 Å². The number of nitrogens with zero attached hydrogens (tertiary/aromatic N) is 4. The summed E-state index contributed by atoms with van der Waals surface area (Å²) >= 11 is 0. The summed E-state index contributed by atoms with van der Waals surface area (Å²) in [5.41, 5.74) is 1.78. The molecule has 0 radical (unpaired) electrons. The van der Waals surface area contributed by atoms with Gasteiger partial charge in [-0.3, -0.25) is 10.3 Å². The quantitative estimate of drug-likeness (QED) is 0.557. The molecular weight excluding hydrogens is 447 g/mol. The molecule has 2 aromatic heterocycles. The molecule has 1 fully saturated rings. The Labute approximate surface area is 194 Å². The molecule has 1 saturated heterocycles. The summed E-state index contributed by atoms with van der Waals surface area (Å²) in [5.74, 6) is 1.01. The first-order chi connectivity index (χ1) is 16.4. The van der Waals surface area contributed by atoms with Crippen LogP contribution < -0.4 is 10.1 Å². The minimum Gasteiger partial charge on any atom is -0.487 e. The number of piperidine rings is 1. The van der Waals surface area contributed by atoms with Gasteiger partial charge in [0.2, 0.25) is 0 Å². The molecule has 0 saturated carbocycles. The van der Waals surface area contributed by atoms with Crippen molar-refractivity contribution in [3.05, 3.63) is 83.3 Å². The number of halogens is 3. The summed E-state index contributed by atoms with van der Waals surface area (Å²) in [6.07, 6.45) is 1.49. The van der Waals surface area contributed by atoms with Crippen LogP contribution in [0.5, 0.6) is 5.75 Å². The van der Waals surface area contributed by atoms with Crippen molar-refractivity contribution in [1.82, 2.24) is 20.1 Å². The van der Waals surface area contributed by atoms with Crippen molar-refractivity contribution in [1.29, 1.82) is 0 Å². The number of urea groups is 1. The van der Waals surface area contributed by atoms with Gasteiger partial charge in [-0.25, -0.2) is 4.79 Å². The second-order valence-electron chi connectivity index (χ2n) is 7.73. The standard InChI is InChI=1S/C24H22F3N5O2/c25-24(26,27)19-6-7-20(28-15-19)16-34-21-4-1-3-18(14-21)13-17-8-11-32(12-9-17)23(33)30-22-5-2-10-29-31-22/h1-7,10,13-15H,8-9,11-12,16H2,(H,30,31,33). The number of nitrogens with one attached hydrogen (secondary N) is 1. The van der Waals surface area contributed by atoms with Crippen LogP contribution in [0, 0.1) is 0 Å². The molecule has 0 unspecified atom stereocenters. The lowest BCUT2D eigenvalue weighted by Gasteiger charge is -2.28. The normalized spacial score (nSPS) is 14.0. The SMILES string of the molecule is O=C(Nc1cccnn1)N1CCC(=Cc2cccc(OCc3ccc(C(F)(F)F)cn3)c2)CC1. The molecule has 0 bridgehead atoms. The van der Waals surface area contributed by atoms with E-state index >= 15 is 0 Å². The fraction of sp³-hybridized carbons (Fsp3) is 0.250. The molecule has 176 valence electrons. The van der Waals surface area contributed by atoms with Crippen LogP contribution >= 0.6 is 0 Å². The summed E-state index contributed by atoms with van der Waals surface area (Å²) in [6, 6.07) is 12.9. The molecule has 34 heavy (non-hydrogen) atoms. The van der Waals surface area contributed by atoms with E-state index in [4.69, 9.17) is 4.74 Å². The van der Waals surface area contributed by atoms with Gasteiger partial charge in [0.05, 0.1) is 11.3 Å². The minimum absolute atomic E-state index is 0.0635. The van der Waals surface area contributed by atoms with Crippen LogP contribution in [0.4, 0.5) is 23.8 Å². The molecule has 7 nitrogen and oxygen atoms in total. The lowest BCUT2D eigenvalue weighted by Crippen LogP contribution is -2.39.